The van der Waals surface area contributed by atoms with Crippen LogP contribution in [0.15, 0.2) is 0 Å². The van der Waals surface area contributed by atoms with Gasteiger partial charge in [-0.25, -0.2) is 4.79 Å². The second-order valence-corrected chi connectivity index (χ2v) is 4.01. The number of carboxylic acids is 1. The van der Waals surface area contributed by atoms with Crippen molar-refractivity contribution >= 4 is 5.97 Å². The molecule has 0 aromatic rings. The Labute approximate surface area is 73.0 Å². The Bertz CT molecular complexity index is 242. The normalized spacial score (nSPS) is 26.0. The van der Waals surface area contributed by atoms with Gasteiger partial charge in [0.15, 0.2) is 0 Å². The minimum Gasteiger partial charge on any atom is -0.472 e. The molecule has 0 saturated heterocycles. The molecule has 12 heavy (non-hydrogen) atoms. The zero-order chi connectivity index (χ0) is 9.19. The molecule has 0 heterocycles. The van der Waals surface area contributed by atoms with Crippen molar-refractivity contribution in [1.82, 2.24) is 0 Å². The average molecular weight is 166 g/mol. The summed E-state index contributed by atoms with van der Waals surface area (Å²) >= 11 is 0. The summed E-state index contributed by atoms with van der Waals surface area (Å²) in [5.74, 6) is 4.29. The van der Waals surface area contributed by atoms with Gasteiger partial charge in [0.2, 0.25) is 0 Å². The Morgan fingerprint density at radius 2 is 2.25 bits per heavy atom. The van der Waals surface area contributed by atoms with Crippen molar-refractivity contribution in [1.29, 1.82) is 0 Å². The first-order valence-corrected chi connectivity index (χ1v) is 4.27. The molecule has 1 aliphatic rings. The van der Waals surface area contributed by atoms with Crippen molar-refractivity contribution < 1.29 is 9.90 Å². The number of carbonyl (C=O) groups is 1. The molecule has 1 aliphatic carbocycles. The van der Waals surface area contributed by atoms with Gasteiger partial charge >= 0.3 is 5.97 Å². The second-order valence-electron chi connectivity index (χ2n) is 4.01. The van der Waals surface area contributed by atoms with Crippen molar-refractivity contribution in [3.63, 3.8) is 0 Å². The van der Waals surface area contributed by atoms with E-state index in [0.29, 0.717) is 0 Å². The summed E-state index contributed by atoms with van der Waals surface area (Å²) in [7, 11) is 0. The highest BCUT2D eigenvalue weighted by atomic mass is 16.4. The highest BCUT2D eigenvalue weighted by Gasteiger charge is 2.33. The molecule has 0 aromatic carbocycles. The van der Waals surface area contributed by atoms with E-state index in [9.17, 15) is 4.79 Å². The van der Waals surface area contributed by atoms with Crippen molar-refractivity contribution in [2.75, 3.05) is 0 Å². The molecular formula is C10H14O2. The van der Waals surface area contributed by atoms with Crippen LogP contribution in [-0.2, 0) is 4.79 Å². The maximum absolute atomic E-state index is 10.2. The first-order chi connectivity index (χ1) is 5.52. The van der Waals surface area contributed by atoms with Gasteiger partial charge in [0.1, 0.15) is 0 Å². The van der Waals surface area contributed by atoms with E-state index in [2.05, 4.69) is 25.7 Å². The third kappa shape index (κ3) is 2.01. The van der Waals surface area contributed by atoms with E-state index in [4.69, 9.17) is 5.11 Å². The van der Waals surface area contributed by atoms with Crippen LogP contribution in [0.4, 0.5) is 0 Å². The molecule has 1 rings (SSSR count). The predicted molar refractivity (Wildman–Crippen MR) is 46.5 cm³/mol. The summed E-state index contributed by atoms with van der Waals surface area (Å²) in [5, 5.41) is 8.37. The molecule has 1 atom stereocenters. The van der Waals surface area contributed by atoms with Gasteiger partial charge in [-0.15, -0.1) is 0 Å². The number of aliphatic carboxylic acids is 1. The number of hydrogen-bond acceptors (Lipinski definition) is 1. The average Bonchev–Trinajstić information content (AvgIpc) is 2.25. The van der Waals surface area contributed by atoms with Crippen LogP contribution >= 0.6 is 0 Å². The first-order valence-electron chi connectivity index (χ1n) is 4.27. The van der Waals surface area contributed by atoms with Crippen LogP contribution in [0, 0.1) is 23.2 Å². The molecule has 2 heteroatoms. The number of carboxylic acid groups (broad SMARTS) is 1. The molecule has 66 valence electrons. The quantitative estimate of drug-likeness (QED) is 0.558. The molecule has 0 radical (unpaired) electrons. The smallest absolute Gasteiger partial charge is 0.381 e. The van der Waals surface area contributed by atoms with Crippen molar-refractivity contribution in [3.8, 4) is 11.8 Å². The lowest BCUT2D eigenvalue weighted by Crippen LogP contribution is -2.15. The van der Waals surface area contributed by atoms with Crippen molar-refractivity contribution in [2.24, 2.45) is 11.3 Å². The number of hydrogen-bond donors (Lipinski definition) is 1. The summed E-state index contributed by atoms with van der Waals surface area (Å²) < 4.78 is 0. The molecule has 1 saturated carbocycles. The Morgan fingerprint density at radius 1 is 1.58 bits per heavy atom. The fourth-order valence-electron chi connectivity index (χ4n) is 1.74. The van der Waals surface area contributed by atoms with Gasteiger partial charge in [0, 0.05) is 11.8 Å². The van der Waals surface area contributed by atoms with Gasteiger partial charge in [-0.05, 0) is 18.3 Å². The Morgan fingerprint density at radius 3 is 2.67 bits per heavy atom. The van der Waals surface area contributed by atoms with E-state index in [1.54, 1.807) is 0 Å². The summed E-state index contributed by atoms with van der Waals surface area (Å²) in [4.78, 5) is 10.2. The van der Waals surface area contributed by atoms with E-state index in [0.717, 1.165) is 12.8 Å². The van der Waals surface area contributed by atoms with Crippen LogP contribution in [0.5, 0.6) is 0 Å². The van der Waals surface area contributed by atoms with Crippen molar-refractivity contribution in [2.45, 2.75) is 33.1 Å². The molecule has 0 aromatic heterocycles. The maximum atomic E-state index is 10.2. The first kappa shape index (κ1) is 9.12. The van der Waals surface area contributed by atoms with Gasteiger partial charge in [-0.2, -0.15) is 0 Å². The zero-order valence-corrected chi connectivity index (χ0v) is 7.55. The zero-order valence-electron chi connectivity index (χ0n) is 7.55. The fourth-order valence-corrected chi connectivity index (χ4v) is 1.74. The fraction of sp³-hybridized carbons (Fsp3) is 0.700. The highest BCUT2D eigenvalue weighted by molar-refractivity contribution is 5.86. The van der Waals surface area contributed by atoms with Gasteiger partial charge in [-0.1, -0.05) is 26.2 Å². The molecule has 0 bridgehead atoms. The van der Waals surface area contributed by atoms with E-state index in [1.807, 2.05) is 0 Å². The standard InChI is InChI=1S/C10H14O2/c1-10(2)7-3-4-8(10)5-6-9(11)12/h8H,3-4,7H2,1-2H3,(H,11,12). The van der Waals surface area contributed by atoms with Crippen molar-refractivity contribution in [3.05, 3.63) is 0 Å². The topological polar surface area (TPSA) is 37.3 Å². The molecule has 0 aliphatic heterocycles. The lowest BCUT2D eigenvalue weighted by Gasteiger charge is -2.21. The van der Waals surface area contributed by atoms with Crippen LogP contribution in [0.1, 0.15) is 33.1 Å². The third-order valence-corrected chi connectivity index (χ3v) is 2.61. The summed E-state index contributed by atoms with van der Waals surface area (Å²) in [6, 6.07) is 0. The van der Waals surface area contributed by atoms with Gasteiger partial charge in [0.25, 0.3) is 0 Å². The molecule has 1 fully saturated rings. The molecular weight excluding hydrogens is 152 g/mol. The summed E-state index contributed by atoms with van der Waals surface area (Å²) in [6.07, 6.45) is 3.38. The monoisotopic (exact) mass is 166 g/mol. The summed E-state index contributed by atoms with van der Waals surface area (Å²) in [5.41, 5.74) is 0.211. The largest absolute Gasteiger partial charge is 0.472 e. The van der Waals surface area contributed by atoms with E-state index >= 15 is 0 Å². The molecule has 1 unspecified atom stereocenters. The van der Waals surface area contributed by atoms with Crippen LogP contribution in [0.2, 0.25) is 0 Å². The molecule has 0 spiro atoms. The van der Waals surface area contributed by atoms with Crippen LogP contribution < -0.4 is 0 Å². The third-order valence-electron chi connectivity index (χ3n) is 2.61. The van der Waals surface area contributed by atoms with Crippen LogP contribution in [-0.4, -0.2) is 11.1 Å². The minimum absolute atomic E-state index is 0.211. The SMILES string of the molecule is CC1(C)CCCC1C#CC(=O)O. The van der Waals surface area contributed by atoms with Gasteiger partial charge in [0.05, 0.1) is 0 Å². The highest BCUT2D eigenvalue weighted by Crippen LogP contribution is 2.41. The summed E-state index contributed by atoms with van der Waals surface area (Å²) in [6.45, 7) is 4.31. The lowest BCUT2D eigenvalue weighted by atomic mass is 9.82. The molecule has 1 N–H and O–H groups in total. The molecule has 0 amide bonds. The maximum Gasteiger partial charge on any atom is 0.381 e. The predicted octanol–water partition coefficient (Wildman–Crippen LogP) is 1.90. The van der Waals surface area contributed by atoms with E-state index in [1.165, 1.54) is 6.42 Å². The van der Waals surface area contributed by atoms with Crippen LogP contribution in [0.25, 0.3) is 0 Å². The van der Waals surface area contributed by atoms with E-state index < -0.39 is 5.97 Å². The Hall–Kier alpha value is -0.970. The number of rotatable bonds is 0. The Kier molecular flexibility index (Phi) is 2.42. The van der Waals surface area contributed by atoms with E-state index in [-0.39, 0.29) is 11.3 Å². The lowest BCUT2D eigenvalue weighted by molar-refractivity contribution is -0.130. The minimum atomic E-state index is -1.02. The second kappa shape index (κ2) is 3.18. The molecule has 2 nitrogen and oxygen atoms in total. The van der Waals surface area contributed by atoms with Gasteiger partial charge < -0.3 is 5.11 Å². The van der Waals surface area contributed by atoms with Gasteiger partial charge in [-0.3, -0.25) is 0 Å². The Balaban J connectivity index is 2.66. The van der Waals surface area contributed by atoms with Crippen LogP contribution in [0.3, 0.4) is 0 Å².